The third kappa shape index (κ3) is 3.54. The van der Waals surface area contributed by atoms with Gasteiger partial charge in [-0.1, -0.05) is 0 Å². The zero-order valence-electron chi connectivity index (χ0n) is 10.9. The number of ether oxygens (including phenoxy) is 1. The first-order valence-corrected chi connectivity index (χ1v) is 6.24. The number of nitrogens with one attached hydrogen (secondary N) is 2. The van der Waals surface area contributed by atoms with Crippen LogP contribution in [0.4, 0.5) is 0 Å². The minimum atomic E-state index is -0.0198. The number of aryl methyl sites for hydroxylation is 2. The van der Waals surface area contributed by atoms with Crippen molar-refractivity contribution in [2.45, 2.75) is 26.4 Å². The molecule has 1 fully saturated rings. The molecule has 100 valence electrons. The van der Waals surface area contributed by atoms with Gasteiger partial charge in [-0.2, -0.15) is 5.10 Å². The molecule has 1 aliphatic heterocycles. The molecule has 1 unspecified atom stereocenters. The molecular formula is C12H20N4O2. The summed E-state index contributed by atoms with van der Waals surface area (Å²) in [5.74, 6) is -0.0198. The summed E-state index contributed by atoms with van der Waals surface area (Å²) in [5, 5.41) is 10.4. The Hall–Kier alpha value is -1.40. The number of amides is 1. The van der Waals surface area contributed by atoms with Crippen molar-refractivity contribution in [1.82, 2.24) is 20.4 Å². The van der Waals surface area contributed by atoms with Gasteiger partial charge in [-0.3, -0.25) is 9.48 Å². The fourth-order valence-electron chi connectivity index (χ4n) is 2.01. The Morgan fingerprint density at radius 1 is 1.67 bits per heavy atom. The first-order valence-electron chi connectivity index (χ1n) is 6.24. The lowest BCUT2D eigenvalue weighted by molar-refractivity contribution is -0.122. The quantitative estimate of drug-likeness (QED) is 0.765. The van der Waals surface area contributed by atoms with E-state index in [-0.39, 0.29) is 18.5 Å². The van der Waals surface area contributed by atoms with Crippen LogP contribution in [-0.4, -0.2) is 48.0 Å². The average molecular weight is 252 g/mol. The van der Waals surface area contributed by atoms with E-state index in [9.17, 15) is 4.79 Å². The predicted octanol–water partition coefficient (Wildman–Crippen LogP) is -0.395. The molecule has 0 aromatic carbocycles. The SMILES string of the molecule is Cc1cc(C)n(CC(=O)NCC2COCCN2)n1. The molecule has 1 saturated heterocycles. The van der Waals surface area contributed by atoms with Crippen molar-refractivity contribution < 1.29 is 9.53 Å². The maximum atomic E-state index is 11.8. The van der Waals surface area contributed by atoms with E-state index in [4.69, 9.17) is 4.74 Å². The summed E-state index contributed by atoms with van der Waals surface area (Å²) in [6, 6.07) is 2.17. The van der Waals surface area contributed by atoms with E-state index < -0.39 is 0 Å². The molecule has 2 rings (SSSR count). The number of carbonyl (C=O) groups excluding carboxylic acids is 1. The van der Waals surface area contributed by atoms with Crippen LogP contribution < -0.4 is 10.6 Å². The van der Waals surface area contributed by atoms with E-state index in [2.05, 4.69) is 15.7 Å². The van der Waals surface area contributed by atoms with Gasteiger partial charge in [0.2, 0.25) is 5.91 Å². The smallest absolute Gasteiger partial charge is 0.241 e. The van der Waals surface area contributed by atoms with Crippen molar-refractivity contribution in [3.63, 3.8) is 0 Å². The van der Waals surface area contributed by atoms with Gasteiger partial charge in [0, 0.05) is 24.8 Å². The molecule has 6 nitrogen and oxygen atoms in total. The topological polar surface area (TPSA) is 68.2 Å². The highest BCUT2D eigenvalue weighted by Crippen LogP contribution is 2.01. The summed E-state index contributed by atoms with van der Waals surface area (Å²) in [4.78, 5) is 11.8. The van der Waals surface area contributed by atoms with Crippen molar-refractivity contribution in [3.8, 4) is 0 Å². The number of rotatable bonds is 4. The second-order valence-corrected chi connectivity index (χ2v) is 4.61. The Morgan fingerprint density at radius 3 is 3.11 bits per heavy atom. The maximum absolute atomic E-state index is 11.8. The number of nitrogens with zero attached hydrogens (tertiary/aromatic N) is 2. The summed E-state index contributed by atoms with van der Waals surface area (Å²) in [7, 11) is 0. The van der Waals surface area contributed by atoms with E-state index in [1.54, 1.807) is 4.68 Å². The Balaban J connectivity index is 1.76. The molecule has 0 radical (unpaired) electrons. The van der Waals surface area contributed by atoms with Crippen LogP contribution in [0.15, 0.2) is 6.07 Å². The fraction of sp³-hybridized carbons (Fsp3) is 0.667. The van der Waals surface area contributed by atoms with Crippen LogP contribution in [0.1, 0.15) is 11.4 Å². The predicted molar refractivity (Wildman–Crippen MR) is 67.3 cm³/mol. The summed E-state index contributed by atoms with van der Waals surface area (Å²) in [6.45, 7) is 6.98. The molecule has 1 aromatic heterocycles. The van der Waals surface area contributed by atoms with Crippen molar-refractivity contribution in [2.75, 3.05) is 26.3 Å². The molecule has 1 aromatic rings. The summed E-state index contributed by atoms with van der Waals surface area (Å²) in [5.41, 5.74) is 1.93. The molecular weight excluding hydrogens is 232 g/mol. The maximum Gasteiger partial charge on any atom is 0.241 e. The third-order valence-corrected chi connectivity index (χ3v) is 2.94. The van der Waals surface area contributed by atoms with Crippen molar-refractivity contribution in [3.05, 3.63) is 17.5 Å². The molecule has 2 heterocycles. The number of morpholine rings is 1. The Labute approximate surface area is 107 Å². The summed E-state index contributed by atoms with van der Waals surface area (Å²) in [6.07, 6.45) is 0. The number of hydrogen-bond acceptors (Lipinski definition) is 4. The van der Waals surface area contributed by atoms with Gasteiger partial charge in [-0.05, 0) is 19.9 Å². The van der Waals surface area contributed by atoms with Gasteiger partial charge < -0.3 is 15.4 Å². The summed E-state index contributed by atoms with van der Waals surface area (Å²) >= 11 is 0. The Morgan fingerprint density at radius 2 is 2.50 bits per heavy atom. The lowest BCUT2D eigenvalue weighted by atomic mass is 10.3. The van der Waals surface area contributed by atoms with Gasteiger partial charge in [-0.25, -0.2) is 0 Å². The van der Waals surface area contributed by atoms with Crippen LogP contribution >= 0.6 is 0 Å². The van der Waals surface area contributed by atoms with Crippen LogP contribution in [0.3, 0.4) is 0 Å². The molecule has 0 bridgehead atoms. The highest BCUT2D eigenvalue weighted by Gasteiger charge is 2.14. The average Bonchev–Trinajstić information content (AvgIpc) is 2.67. The second-order valence-electron chi connectivity index (χ2n) is 4.61. The van der Waals surface area contributed by atoms with Crippen LogP contribution in [-0.2, 0) is 16.1 Å². The van der Waals surface area contributed by atoms with E-state index in [1.165, 1.54) is 0 Å². The number of aromatic nitrogens is 2. The minimum absolute atomic E-state index is 0.0198. The lowest BCUT2D eigenvalue weighted by Crippen LogP contribution is -2.48. The highest BCUT2D eigenvalue weighted by atomic mass is 16.5. The molecule has 0 aliphatic carbocycles. The van der Waals surface area contributed by atoms with Gasteiger partial charge in [0.05, 0.1) is 18.9 Å². The Bertz CT molecular complexity index is 410. The lowest BCUT2D eigenvalue weighted by Gasteiger charge is -2.23. The fourth-order valence-corrected chi connectivity index (χ4v) is 2.01. The zero-order valence-corrected chi connectivity index (χ0v) is 10.9. The molecule has 2 N–H and O–H groups in total. The van der Waals surface area contributed by atoms with Crippen LogP contribution in [0.5, 0.6) is 0 Å². The van der Waals surface area contributed by atoms with Gasteiger partial charge in [0.25, 0.3) is 0 Å². The number of hydrogen-bond donors (Lipinski definition) is 2. The van der Waals surface area contributed by atoms with Crippen LogP contribution in [0, 0.1) is 13.8 Å². The van der Waals surface area contributed by atoms with Gasteiger partial charge in [0.1, 0.15) is 6.54 Å². The van der Waals surface area contributed by atoms with Gasteiger partial charge >= 0.3 is 0 Å². The first kappa shape index (κ1) is 13.0. The molecule has 1 amide bonds. The van der Waals surface area contributed by atoms with Crippen LogP contribution in [0.25, 0.3) is 0 Å². The normalized spacial score (nSPS) is 19.8. The van der Waals surface area contributed by atoms with E-state index >= 15 is 0 Å². The number of carbonyl (C=O) groups is 1. The molecule has 18 heavy (non-hydrogen) atoms. The molecule has 1 aliphatic rings. The summed E-state index contributed by atoms with van der Waals surface area (Å²) < 4.78 is 7.04. The second kappa shape index (κ2) is 5.97. The molecule has 1 atom stereocenters. The van der Waals surface area contributed by atoms with E-state index in [0.29, 0.717) is 13.2 Å². The molecule has 0 spiro atoms. The van der Waals surface area contributed by atoms with Crippen molar-refractivity contribution >= 4 is 5.91 Å². The largest absolute Gasteiger partial charge is 0.378 e. The first-order chi connectivity index (χ1) is 8.65. The Kier molecular flexibility index (Phi) is 4.33. The molecule has 6 heteroatoms. The van der Waals surface area contributed by atoms with E-state index in [0.717, 1.165) is 24.5 Å². The van der Waals surface area contributed by atoms with Crippen LogP contribution in [0.2, 0.25) is 0 Å². The van der Waals surface area contributed by atoms with Crippen molar-refractivity contribution in [2.24, 2.45) is 0 Å². The highest BCUT2D eigenvalue weighted by molar-refractivity contribution is 5.75. The monoisotopic (exact) mass is 252 g/mol. The minimum Gasteiger partial charge on any atom is -0.378 e. The third-order valence-electron chi connectivity index (χ3n) is 2.94. The van der Waals surface area contributed by atoms with Gasteiger partial charge in [0.15, 0.2) is 0 Å². The molecule has 0 saturated carbocycles. The zero-order chi connectivity index (χ0) is 13.0. The van der Waals surface area contributed by atoms with Crippen molar-refractivity contribution in [1.29, 1.82) is 0 Å². The standard InChI is InChI=1S/C12H20N4O2/c1-9-5-10(2)16(15-9)7-12(17)14-6-11-8-18-4-3-13-11/h5,11,13H,3-4,6-8H2,1-2H3,(H,14,17). The van der Waals surface area contributed by atoms with E-state index in [1.807, 2.05) is 19.9 Å². The van der Waals surface area contributed by atoms with Gasteiger partial charge in [-0.15, -0.1) is 0 Å².